The first kappa shape index (κ1) is 14.9. The molecule has 1 rings (SSSR count). The molecular weight excluding hydrogens is 248 g/mol. The first-order valence-corrected chi connectivity index (χ1v) is 5.78. The third-order valence-corrected chi connectivity index (χ3v) is 2.10. The van der Waals surface area contributed by atoms with Gasteiger partial charge in [-0.3, -0.25) is 10.1 Å². The van der Waals surface area contributed by atoms with Crippen LogP contribution in [0.25, 0.3) is 0 Å². The zero-order valence-electron chi connectivity index (χ0n) is 11.7. The van der Waals surface area contributed by atoms with Crippen LogP contribution in [0.4, 0.5) is 10.5 Å². The molecule has 104 valence electrons. The van der Waals surface area contributed by atoms with Gasteiger partial charge in [-0.1, -0.05) is 0 Å². The highest BCUT2D eigenvalue weighted by molar-refractivity contribution is 6.01. The molecule has 0 aromatic carbocycles. The lowest BCUT2D eigenvalue weighted by Crippen LogP contribution is -2.29. The largest absolute Gasteiger partial charge is 0.444 e. The third-order valence-electron chi connectivity index (χ3n) is 2.10. The van der Waals surface area contributed by atoms with Gasteiger partial charge in [0.25, 0.3) is 5.91 Å². The van der Waals surface area contributed by atoms with E-state index in [4.69, 9.17) is 4.74 Å². The molecule has 0 saturated heterocycles. The summed E-state index contributed by atoms with van der Waals surface area (Å²) in [7, 11) is 1.48. The number of carbonyl (C=O) groups excluding carboxylic acids is 2. The number of amides is 2. The molecule has 0 spiro atoms. The smallest absolute Gasteiger partial charge is 0.412 e. The molecule has 0 bridgehead atoms. The highest BCUT2D eigenvalue weighted by Crippen LogP contribution is 2.17. The van der Waals surface area contributed by atoms with E-state index < -0.39 is 17.6 Å². The Labute approximate surface area is 111 Å². The topological polar surface area (TPSA) is 93.2 Å². The van der Waals surface area contributed by atoms with Crippen molar-refractivity contribution in [2.45, 2.75) is 33.3 Å². The number of rotatable bonds is 2. The van der Waals surface area contributed by atoms with Crippen LogP contribution >= 0.6 is 0 Å². The van der Waals surface area contributed by atoms with E-state index in [0.29, 0.717) is 5.69 Å². The Kier molecular flexibility index (Phi) is 4.42. The minimum atomic E-state index is -0.657. The minimum absolute atomic E-state index is 0.0980. The maximum atomic E-state index is 11.7. The van der Waals surface area contributed by atoms with Gasteiger partial charge in [0.1, 0.15) is 11.9 Å². The van der Waals surface area contributed by atoms with Gasteiger partial charge in [-0.05, 0) is 27.7 Å². The number of nitrogens with zero attached hydrogens (tertiary/aromatic N) is 2. The lowest BCUT2D eigenvalue weighted by molar-refractivity contribution is 0.0635. The lowest BCUT2D eigenvalue weighted by Gasteiger charge is -2.20. The van der Waals surface area contributed by atoms with Crippen LogP contribution in [-0.2, 0) is 4.74 Å². The molecule has 0 unspecified atom stereocenters. The van der Waals surface area contributed by atoms with Crippen LogP contribution in [0.5, 0.6) is 0 Å². The predicted octanol–water partition coefficient (Wildman–Crippen LogP) is 1.49. The Bertz CT molecular complexity index is 494. The third kappa shape index (κ3) is 4.20. The van der Waals surface area contributed by atoms with Crippen molar-refractivity contribution in [1.29, 1.82) is 0 Å². The zero-order chi connectivity index (χ0) is 14.6. The molecule has 7 nitrogen and oxygen atoms in total. The average molecular weight is 266 g/mol. The van der Waals surface area contributed by atoms with Gasteiger partial charge in [0.05, 0.1) is 11.4 Å². The van der Waals surface area contributed by atoms with Crippen LogP contribution in [-0.4, -0.2) is 34.6 Å². The Morgan fingerprint density at radius 1 is 1.26 bits per heavy atom. The number of aryl methyl sites for hydroxylation is 1. The molecule has 0 aliphatic rings. The van der Waals surface area contributed by atoms with Gasteiger partial charge in [0.2, 0.25) is 0 Å². The fourth-order valence-corrected chi connectivity index (χ4v) is 1.32. The molecule has 0 atom stereocenters. The summed E-state index contributed by atoms with van der Waals surface area (Å²) in [5.74, 6) is -0.406. The number of ether oxygens (including phenoxy) is 1. The van der Waals surface area contributed by atoms with Crippen LogP contribution in [0.2, 0.25) is 0 Å². The Hall–Kier alpha value is -2.18. The number of hydrogen-bond donors (Lipinski definition) is 2. The molecule has 0 aliphatic carbocycles. The number of carbonyl (C=O) groups is 2. The second-order valence-electron chi connectivity index (χ2n) is 4.89. The number of anilines is 1. The van der Waals surface area contributed by atoms with Crippen molar-refractivity contribution in [1.82, 2.24) is 15.3 Å². The van der Waals surface area contributed by atoms with Crippen molar-refractivity contribution in [2.24, 2.45) is 0 Å². The quantitative estimate of drug-likeness (QED) is 0.846. The predicted molar refractivity (Wildman–Crippen MR) is 70.0 cm³/mol. The number of nitrogens with one attached hydrogen (secondary N) is 2. The number of hydrogen-bond acceptors (Lipinski definition) is 5. The summed E-state index contributed by atoms with van der Waals surface area (Å²) in [5.41, 5.74) is 0.206. The van der Waals surface area contributed by atoms with Crippen LogP contribution in [0.3, 0.4) is 0 Å². The van der Waals surface area contributed by atoms with Gasteiger partial charge in [-0.2, -0.15) is 0 Å². The first-order chi connectivity index (χ1) is 8.74. The Balaban J connectivity index is 3.00. The van der Waals surface area contributed by atoms with Gasteiger partial charge in [-0.15, -0.1) is 0 Å². The Morgan fingerprint density at radius 3 is 2.42 bits per heavy atom. The highest BCUT2D eigenvalue weighted by atomic mass is 16.6. The van der Waals surface area contributed by atoms with E-state index in [0.717, 1.165) is 0 Å². The molecule has 1 aromatic heterocycles. The van der Waals surface area contributed by atoms with Crippen molar-refractivity contribution in [3.8, 4) is 0 Å². The van der Waals surface area contributed by atoms with Crippen LogP contribution in [0, 0.1) is 6.92 Å². The van der Waals surface area contributed by atoms with E-state index in [9.17, 15) is 9.59 Å². The minimum Gasteiger partial charge on any atom is -0.444 e. The molecule has 7 heteroatoms. The van der Waals surface area contributed by atoms with Gasteiger partial charge in [0.15, 0.2) is 5.69 Å². The van der Waals surface area contributed by atoms with Crippen molar-refractivity contribution >= 4 is 17.7 Å². The van der Waals surface area contributed by atoms with Crippen LogP contribution < -0.4 is 10.6 Å². The van der Waals surface area contributed by atoms with Gasteiger partial charge < -0.3 is 10.1 Å². The molecule has 0 saturated carbocycles. The molecule has 0 radical (unpaired) electrons. The van der Waals surface area contributed by atoms with Gasteiger partial charge >= 0.3 is 6.09 Å². The molecule has 1 heterocycles. The summed E-state index contributed by atoms with van der Waals surface area (Å²) in [6.07, 6.45) is 0.607. The molecule has 0 fully saturated rings. The van der Waals surface area contributed by atoms with Gasteiger partial charge in [0, 0.05) is 7.05 Å². The summed E-state index contributed by atoms with van der Waals surface area (Å²) in [6, 6.07) is 0. The van der Waals surface area contributed by atoms with E-state index in [1.54, 1.807) is 27.7 Å². The van der Waals surface area contributed by atoms with Crippen molar-refractivity contribution in [3.63, 3.8) is 0 Å². The Morgan fingerprint density at radius 2 is 1.89 bits per heavy atom. The van der Waals surface area contributed by atoms with E-state index >= 15 is 0 Å². The second kappa shape index (κ2) is 5.64. The van der Waals surface area contributed by atoms with Crippen molar-refractivity contribution in [3.05, 3.63) is 17.7 Å². The van der Waals surface area contributed by atoms with E-state index in [-0.39, 0.29) is 11.4 Å². The summed E-state index contributed by atoms with van der Waals surface area (Å²) >= 11 is 0. The standard InChI is InChI=1S/C12H18N4O3/c1-7-8(16-11(18)19-12(2,3)4)9(10(17)13-5)15-6-14-7/h6H,1-5H3,(H,13,17)(H,16,18). The second-order valence-corrected chi connectivity index (χ2v) is 4.89. The zero-order valence-corrected chi connectivity index (χ0v) is 11.7. The molecule has 1 aromatic rings. The normalized spacial score (nSPS) is 10.8. The first-order valence-electron chi connectivity index (χ1n) is 5.78. The van der Waals surface area contributed by atoms with Crippen LogP contribution in [0.15, 0.2) is 6.33 Å². The van der Waals surface area contributed by atoms with Gasteiger partial charge in [-0.25, -0.2) is 14.8 Å². The van der Waals surface area contributed by atoms with E-state index in [2.05, 4.69) is 20.6 Å². The fourth-order valence-electron chi connectivity index (χ4n) is 1.32. The fraction of sp³-hybridized carbons (Fsp3) is 0.500. The highest BCUT2D eigenvalue weighted by Gasteiger charge is 2.21. The maximum absolute atomic E-state index is 11.7. The molecule has 19 heavy (non-hydrogen) atoms. The molecular formula is C12H18N4O3. The molecule has 2 N–H and O–H groups in total. The van der Waals surface area contributed by atoms with E-state index in [1.165, 1.54) is 13.4 Å². The van der Waals surface area contributed by atoms with Crippen molar-refractivity contribution in [2.75, 3.05) is 12.4 Å². The lowest BCUT2D eigenvalue weighted by atomic mass is 10.2. The monoisotopic (exact) mass is 266 g/mol. The maximum Gasteiger partial charge on any atom is 0.412 e. The summed E-state index contributed by atoms with van der Waals surface area (Å²) in [4.78, 5) is 31.2. The molecule has 0 aliphatic heterocycles. The SMILES string of the molecule is CNC(=O)c1ncnc(C)c1NC(=O)OC(C)(C)C. The van der Waals surface area contributed by atoms with Crippen LogP contribution in [0.1, 0.15) is 37.0 Å². The summed E-state index contributed by atoms with van der Waals surface area (Å²) < 4.78 is 5.13. The van der Waals surface area contributed by atoms with E-state index in [1.807, 2.05) is 0 Å². The molecule has 2 amide bonds. The van der Waals surface area contributed by atoms with Crippen molar-refractivity contribution < 1.29 is 14.3 Å². The summed E-state index contributed by atoms with van der Waals surface area (Å²) in [5, 5.41) is 4.95. The number of aromatic nitrogens is 2. The summed E-state index contributed by atoms with van der Waals surface area (Å²) in [6.45, 7) is 6.92. The average Bonchev–Trinajstić information content (AvgIpc) is 2.28.